The minimum absolute atomic E-state index is 0.190. The number of pyridine rings is 1. The van der Waals surface area contributed by atoms with Gasteiger partial charge in [0.15, 0.2) is 5.65 Å². The van der Waals surface area contributed by atoms with Crippen LogP contribution < -0.4 is 0 Å². The lowest BCUT2D eigenvalue weighted by Gasteiger charge is -2.27. The van der Waals surface area contributed by atoms with E-state index >= 15 is 0 Å². The Balaban J connectivity index is 1.65. The van der Waals surface area contributed by atoms with Gasteiger partial charge in [-0.1, -0.05) is 24.3 Å². The van der Waals surface area contributed by atoms with Crippen LogP contribution in [0.3, 0.4) is 0 Å². The van der Waals surface area contributed by atoms with Crippen LogP contribution in [0.5, 0.6) is 0 Å². The summed E-state index contributed by atoms with van der Waals surface area (Å²) in [6, 6.07) is 9.77. The van der Waals surface area contributed by atoms with Gasteiger partial charge in [0, 0.05) is 17.3 Å². The summed E-state index contributed by atoms with van der Waals surface area (Å²) in [4.78, 5) is 22.4. The quantitative estimate of drug-likeness (QED) is 0.748. The van der Waals surface area contributed by atoms with Crippen LogP contribution >= 0.6 is 0 Å². The third kappa shape index (κ3) is 2.05. The Morgan fingerprint density at radius 1 is 1.32 bits per heavy atom. The summed E-state index contributed by atoms with van der Waals surface area (Å²) >= 11 is 0. The van der Waals surface area contributed by atoms with Gasteiger partial charge >= 0.3 is 0 Å². The van der Waals surface area contributed by atoms with Crippen LogP contribution in [0.4, 0.5) is 0 Å². The van der Waals surface area contributed by atoms with Crippen molar-refractivity contribution >= 4 is 16.9 Å². The normalized spacial score (nSPS) is 14.1. The van der Waals surface area contributed by atoms with Crippen LogP contribution in [0.1, 0.15) is 27.2 Å². The number of hydrogen-bond acceptors (Lipinski definition) is 4. The second-order valence-corrected chi connectivity index (χ2v) is 5.33. The molecule has 3 aromatic rings. The standard InChI is InChI=1S/C16H14N4O2/c1-10-14-6-13(7-17-15(14)19-18-10)16(21)20-8-11-4-2-3-5-12(11)9-22-20/h2-7H,8-9H2,1H3,(H,17,18,19). The van der Waals surface area contributed by atoms with Crippen molar-refractivity contribution in [3.8, 4) is 0 Å². The fourth-order valence-corrected chi connectivity index (χ4v) is 2.61. The molecule has 1 aromatic carbocycles. The number of benzene rings is 1. The van der Waals surface area contributed by atoms with E-state index in [1.54, 1.807) is 6.07 Å². The molecule has 0 spiro atoms. The number of hydrogen-bond donors (Lipinski definition) is 1. The van der Waals surface area contributed by atoms with Crippen molar-refractivity contribution in [1.29, 1.82) is 0 Å². The highest BCUT2D eigenvalue weighted by molar-refractivity contribution is 5.96. The largest absolute Gasteiger partial charge is 0.280 e. The van der Waals surface area contributed by atoms with Crippen LogP contribution in [-0.2, 0) is 18.0 Å². The van der Waals surface area contributed by atoms with E-state index in [9.17, 15) is 4.79 Å². The van der Waals surface area contributed by atoms with Gasteiger partial charge in [-0.05, 0) is 24.1 Å². The number of nitrogens with zero attached hydrogens (tertiary/aromatic N) is 3. The number of carbonyl (C=O) groups excluding carboxylic acids is 1. The minimum Gasteiger partial charge on any atom is -0.280 e. The number of aromatic nitrogens is 3. The van der Waals surface area contributed by atoms with Gasteiger partial charge in [0.2, 0.25) is 0 Å². The summed E-state index contributed by atoms with van der Waals surface area (Å²) in [5, 5.41) is 9.18. The molecule has 4 rings (SSSR count). The van der Waals surface area contributed by atoms with Crippen LogP contribution in [-0.4, -0.2) is 26.2 Å². The number of aromatic amines is 1. The molecule has 0 radical (unpaired) electrons. The molecule has 2 aromatic heterocycles. The first-order valence-electron chi connectivity index (χ1n) is 7.04. The summed E-state index contributed by atoms with van der Waals surface area (Å²) in [6.45, 7) is 2.75. The average molecular weight is 294 g/mol. The monoisotopic (exact) mass is 294 g/mol. The fraction of sp³-hybridized carbons (Fsp3) is 0.188. The van der Waals surface area contributed by atoms with Crippen LogP contribution in [0, 0.1) is 6.92 Å². The molecule has 0 saturated heterocycles. The number of carbonyl (C=O) groups is 1. The summed E-state index contributed by atoms with van der Waals surface area (Å²) < 4.78 is 0. The number of nitrogens with one attached hydrogen (secondary N) is 1. The molecule has 0 saturated carbocycles. The van der Waals surface area contributed by atoms with Crippen molar-refractivity contribution in [2.24, 2.45) is 0 Å². The third-order valence-electron chi connectivity index (χ3n) is 3.88. The maximum Gasteiger partial charge on any atom is 0.279 e. The third-order valence-corrected chi connectivity index (χ3v) is 3.88. The molecule has 110 valence electrons. The van der Waals surface area contributed by atoms with Gasteiger partial charge in [0.1, 0.15) is 6.61 Å². The smallest absolute Gasteiger partial charge is 0.279 e. The molecule has 1 aliphatic heterocycles. The van der Waals surface area contributed by atoms with E-state index in [4.69, 9.17) is 4.84 Å². The molecule has 22 heavy (non-hydrogen) atoms. The Hall–Kier alpha value is -2.73. The number of amides is 1. The zero-order chi connectivity index (χ0) is 15.1. The predicted molar refractivity (Wildman–Crippen MR) is 79.7 cm³/mol. The van der Waals surface area contributed by atoms with Crippen molar-refractivity contribution in [3.05, 3.63) is 58.9 Å². The summed E-state index contributed by atoms with van der Waals surface area (Å²) in [6.07, 6.45) is 1.54. The van der Waals surface area contributed by atoms with Gasteiger partial charge in [0.05, 0.1) is 12.1 Å². The highest BCUT2D eigenvalue weighted by Gasteiger charge is 2.23. The van der Waals surface area contributed by atoms with Gasteiger partial charge < -0.3 is 0 Å². The molecule has 0 atom stereocenters. The van der Waals surface area contributed by atoms with Crippen molar-refractivity contribution in [3.63, 3.8) is 0 Å². The minimum atomic E-state index is -0.190. The number of hydroxylamine groups is 2. The second kappa shape index (κ2) is 4.92. The van der Waals surface area contributed by atoms with Crippen molar-refractivity contribution in [1.82, 2.24) is 20.2 Å². The van der Waals surface area contributed by atoms with E-state index in [-0.39, 0.29) is 5.91 Å². The van der Waals surface area contributed by atoms with E-state index in [1.807, 2.05) is 31.2 Å². The van der Waals surface area contributed by atoms with Gasteiger partial charge in [-0.15, -0.1) is 0 Å². The highest BCUT2D eigenvalue weighted by Crippen LogP contribution is 2.22. The molecule has 0 aliphatic carbocycles. The number of fused-ring (bicyclic) bond motifs is 2. The van der Waals surface area contributed by atoms with E-state index in [0.29, 0.717) is 24.4 Å². The van der Waals surface area contributed by atoms with Crippen molar-refractivity contribution in [2.45, 2.75) is 20.1 Å². The van der Waals surface area contributed by atoms with Crippen molar-refractivity contribution < 1.29 is 9.63 Å². The first kappa shape index (κ1) is 13.0. The molecule has 6 nitrogen and oxygen atoms in total. The van der Waals surface area contributed by atoms with Gasteiger partial charge in [-0.2, -0.15) is 5.10 Å². The molecule has 0 bridgehead atoms. The lowest BCUT2D eigenvalue weighted by molar-refractivity contribution is -0.149. The topological polar surface area (TPSA) is 71.1 Å². The lowest BCUT2D eigenvalue weighted by atomic mass is 10.1. The first-order valence-corrected chi connectivity index (χ1v) is 7.04. The Morgan fingerprint density at radius 3 is 3.00 bits per heavy atom. The second-order valence-electron chi connectivity index (χ2n) is 5.33. The van der Waals surface area contributed by atoms with Crippen LogP contribution in [0.2, 0.25) is 0 Å². The zero-order valence-corrected chi connectivity index (χ0v) is 12.0. The number of rotatable bonds is 1. The SMILES string of the molecule is Cc1[nH]nc2ncc(C(=O)N3Cc4ccccc4CO3)cc12. The van der Waals surface area contributed by atoms with Crippen LogP contribution in [0.15, 0.2) is 36.5 Å². The molecule has 1 amide bonds. The van der Waals surface area contributed by atoms with Gasteiger partial charge in [-0.25, -0.2) is 10.0 Å². The molecule has 3 heterocycles. The maximum absolute atomic E-state index is 12.6. The Morgan fingerprint density at radius 2 is 2.14 bits per heavy atom. The van der Waals surface area contributed by atoms with E-state index in [2.05, 4.69) is 15.2 Å². The summed E-state index contributed by atoms with van der Waals surface area (Å²) in [5.41, 5.74) is 4.22. The number of H-pyrrole nitrogens is 1. The Labute approximate surface area is 126 Å². The molecule has 1 N–H and O–H groups in total. The lowest BCUT2D eigenvalue weighted by Crippen LogP contribution is -2.34. The van der Waals surface area contributed by atoms with Gasteiger partial charge in [0.25, 0.3) is 5.91 Å². The predicted octanol–water partition coefficient (Wildman–Crippen LogP) is 2.35. The van der Waals surface area contributed by atoms with Crippen molar-refractivity contribution in [2.75, 3.05) is 0 Å². The molecule has 1 aliphatic rings. The van der Waals surface area contributed by atoms with E-state index < -0.39 is 0 Å². The maximum atomic E-state index is 12.6. The average Bonchev–Trinajstić information content (AvgIpc) is 2.94. The molecular formula is C16H14N4O2. The Kier molecular flexibility index (Phi) is 2.90. The van der Waals surface area contributed by atoms with E-state index in [0.717, 1.165) is 22.2 Å². The molecular weight excluding hydrogens is 280 g/mol. The van der Waals surface area contributed by atoms with E-state index in [1.165, 1.54) is 11.3 Å². The van der Waals surface area contributed by atoms with Gasteiger partial charge in [-0.3, -0.25) is 14.7 Å². The summed E-state index contributed by atoms with van der Waals surface area (Å²) in [5.74, 6) is -0.190. The van der Waals surface area contributed by atoms with Crippen LogP contribution in [0.25, 0.3) is 11.0 Å². The summed E-state index contributed by atoms with van der Waals surface area (Å²) in [7, 11) is 0. The molecule has 0 unspecified atom stereocenters. The number of aryl methyl sites for hydroxylation is 1. The molecule has 0 fully saturated rings. The first-order chi connectivity index (χ1) is 10.7. The fourth-order valence-electron chi connectivity index (χ4n) is 2.61. The Bertz CT molecular complexity index is 871. The zero-order valence-electron chi connectivity index (χ0n) is 12.0. The highest BCUT2D eigenvalue weighted by atomic mass is 16.7. The molecule has 6 heteroatoms.